The number of carbonyl (C=O) groups is 1. The lowest BCUT2D eigenvalue weighted by atomic mass is 9.90. The Bertz CT molecular complexity index is 989. The van der Waals surface area contributed by atoms with Crippen LogP contribution in [0, 0.1) is 5.92 Å². The van der Waals surface area contributed by atoms with Crippen molar-refractivity contribution in [2.45, 2.75) is 19.3 Å². The van der Waals surface area contributed by atoms with Crippen molar-refractivity contribution in [1.82, 2.24) is 9.88 Å². The highest BCUT2D eigenvalue weighted by molar-refractivity contribution is 5.91. The molecule has 2 heterocycles. The van der Waals surface area contributed by atoms with Gasteiger partial charge in [0.2, 0.25) is 5.43 Å². The minimum Gasteiger partial charge on any atom is -0.359 e. The zero-order valence-corrected chi connectivity index (χ0v) is 15.2. The molecule has 0 aliphatic carbocycles. The van der Waals surface area contributed by atoms with Crippen molar-refractivity contribution in [2.75, 3.05) is 18.4 Å². The number of anilines is 1. The quantitative estimate of drug-likeness (QED) is 0.740. The van der Waals surface area contributed by atoms with Crippen molar-refractivity contribution >= 4 is 22.6 Å². The second-order valence-electron chi connectivity index (χ2n) is 7.13. The molecule has 2 aromatic carbocycles. The van der Waals surface area contributed by atoms with E-state index in [0.717, 1.165) is 37.9 Å². The minimum atomic E-state index is -0.200. The Balaban J connectivity index is 1.37. The van der Waals surface area contributed by atoms with Gasteiger partial charge < -0.3 is 15.2 Å². The molecular formula is C22H23N3O2. The average molecular weight is 361 g/mol. The summed E-state index contributed by atoms with van der Waals surface area (Å²) in [5.41, 5.74) is 2.26. The lowest BCUT2D eigenvalue weighted by Crippen LogP contribution is -2.42. The van der Waals surface area contributed by atoms with Crippen molar-refractivity contribution in [1.29, 1.82) is 0 Å². The molecule has 4 rings (SSSR count). The monoisotopic (exact) mass is 361 g/mol. The zero-order chi connectivity index (χ0) is 18.6. The SMILES string of the molecule is O=C(Nc1c[nH]c2ccccc2c1=O)N1CCC(Cc2ccccc2)CC1. The highest BCUT2D eigenvalue weighted by Gasteiger charge is 2.23. The molecule has 5 heteroatoms. The molecule has 3 aromatic rings. The van der Waals surface area contributed by atoms with Crippen LogP contribution in [0.5, 0.6) is 0 Å². The van der Waals surface area contributed by atoms with Crippen molar-refractivity contribution in [3.63, 3.8) is 0 Å². The number of piperidine rings is 1. The van der Waals surface area contributed by atoms with Crippen LogP contribution in [-0.2, 0) is 6.42 Å². The number of hydrogen-bond acceptors (Lipinski definition) is 2. The van der Waals surface area contributed by atoms with E-state index in [2.05, 4.69) is 34.6 Å². The van der Waals surface area contributed by atoms with Gasteiger partial charge in [0.05, 0.1) is 0 Å². The summed E-state index contributed by atoms with van der Waals surface area (Å²) in [6, 6.07) is 17.6. The fraction of sp³-hybridized carbons (Fsp3) is 0.273. The van der Waals surface area contributed by atoms with Crippen LogP contribution >= 0.6 is 0 Å². The lowest BCUT2D eigenvalue weighted by Gasteiger charge is -2.32. The number of H-pyrrole nitrogens is 1. The summed E-state index contributed by atoms with van der Waals surface area (Å²) < 4.78 is 0. The van der Waals surface area contributed by atoms with Crippen molar-refractivity contribution in [3.05, 3.63) is 76.6 Å². The van der Waals surface area contributed by atoms with E-state index in [0.29, 0.717) is 17.0 Å². The predicted octanol–water partition coefficient (Wildman–Crippen LogP) is 4.01. The summed E-state index contributed by atoms with van der Waals surface area (Å²) in [4.78, 5) is 30.0. The van der Waals surface area contributed by atoms with Gasteiger partial charge in [0.15, 0.2) is 0 Å². The van der Waals surface area contributed by atoms with Gasteiger partial charge in [0, 0.05) is 30.2 Å². The highest BCUT2D eigenvalue weighted by Crippen LogP contribution is 2.22. The Morgan fingerprint density at radius 2 is 1.74 bits per heavy atom. The maximum atomic E-state index is 12.6. The van der Waals surface area contributed by atoms with Crippen LogP contribution in [0.15, 0.2) is 65.6 Å². The molecule has 27 heavy (non-hydrogen) atoms. The smallest absolute Gasteiger partial charge is 0.321 e. The molecule has 1 fully saturated rings. The van der Waals surface area contributed by atoms with Gasteiger partial charge in [-0.1, -0.05) is 42.5 Å². The third kappa shape index (κ3) is 3.87. The number of nitrogens with zero attached hydrogens (tertiary/aromatic N) is 1. The number of nitrogens with one attached hydrogen (secondary N) is 2. The highest BCUT2D eigenvalue weighted by atomic mass is 16.2. The van der Waals surface area contributed by atoms with Gasteiger partial charge >= 0.3 is 6.03 Å². The number of carbonyl (C=O) groups excluding carboxylic acids is 1. The van der Waals surface area contributed by atoms with Crippen LogP contribution < -0.4 is 10.7 Å². The molecule has 0 spiro atoms. The molecule has 1 aliphatic heterocycles. The first-order valence-electron chi connectivity index (χ1n) is 9.41. The van der Waals surface area contributed by atoms with Crippen molar-refractivity contribution in [2.24, 2.45) is 5.92 Å². The summed E-state index contributed by atoms with van der Waals surface area (Å²) in [7, 11) is 0. The zero-order valence-electron chi connectivity index (χ0n) is 15.2. The first-order chi connectivity index (χ1) is 13.2. The standard InChI is InChI=1S/C22H23N3O2/c26-21-18-8-4-5-9-19(18)23-15-20(21)24-22(27)25-12-10-17(11-13-25)14-16-6-2-1-3-7-16/h1-9,15,17H,10-14H2,(H,23,26)(H,24,27). The third-order valence-corrected chi connectivity index (χ3v) is 5.30. The van der Waals surface area contributed by atoms with Gasteiger partial charge in [0.1, 0.15) is 5.69 Å². The van der Waals surface area contributed by atoms with E-state index in [9.17, 15) is 9.59 Å². The van der Waals surface area contributed by atoms with Crippen LogP contribution in [0.2, 0.25) is 0 Å². The summed E-state index contributed by atoms with van der Waals surface area (Å²) in [6.45, 7) is 1.43. The van der Waals surface area contributed by atoms with Crippen molar-refractivity contribution in [3.8, 4) is 0 Å². The number of likely N-dealkylation sites (tertiary alicyclic amines) is 1. The molecule has 5 nitrogen and oxygen atoms in total. The van der Waals surface area contributed by atoms with E-state index in [1.165, 1.54) is 5.56 Å². The van der Waals surface area contributed by atoms with Crippen molar-refractivity contribution < 1.29 is 4.79 Å². The Hall–Kier alpha value is -3.08. The minimum absolute atomic E-state index is 0.156. The normalized spacial score (nSPS) is 15.0. The number of fused-ring (bicyclic) bond motifs is 1. The maximum absolute atomic E-state index is 12.6. The maximum Gasteiger partial charge on any atom is 0.321 e. The van der Waals surface area contributed by atoms with E-state index in [4.69, 9.17) is 0 Å². The molecule has 1 saturated heterocycles. The second kappa shape index (κ2) is 7.66. The molecule has 2 N–H and O–H groups in total. The third-order valence-electron chi connectivity index (χ3n) is 5.30. The number of benzene rings is 2. The van der Waals surface area contributed by atoms with Gasteiger partial charge in [-0.25, -0.2) is 4.79 Å². The summed E-state index contributed by atoms with van der Waals surface area (Å²) >= 11 is 0. The van der Waals surface area contributed by atoms with Gasteiger partial charge in [-0.15, -0.1) is 0 Å². The number of para-hydroxylation sites is 1. The first-order valence-corrected chi connectivity index (χ1v) is 9.41. The molecule has 0 unspecified atom stereocenters. The first kappa shape index (κ1) is 17.3. The van der Waals surface area contributed by atoms with Gasteiger partial charge in [0.25, 0.3) is 0 Å². The molecule has 0 saturated carbocycles. The molecule has 0 atom stereocenters. The molecular weight excluding hydrogens is 338 g/mol. The van der Waals surface area contributed by atoms with Crippen LogP contribution in [0.3, 0.4) is 0 Å². The number of hydrogen-bond donors (Lipinski definition) is 2. The summed E-state index contributed by atoms with van der Waals surface area (Å²) in [5.74, 6) is 0.598. The van der Waals surface area contributed by atoms with Gasteiger partial charge in [-0.3, -0.25) is 4.79 Å². The predicted molar refractivity (Wildman–Crippen MR) is 108 cm³/mol. The Labute approximate surface area is 158 Å². The fourth-order valence-electron chi connectivity index (χ4n) is 3.74. The molecule has 1 aromatic heterocycles. The molecule has 138 valence electrons. The topological polar surface area (TPSA) is 65.2 Å². The van der Waals surface area contributed by atoms with Crippen LogP contribution in [0.25, 0.3) is 10.9 Å². The number of aromatic nitrogens is 1. The van der Waals surface area contributed by atoms with E-state index >= 15 is 0 Å². The number of amides is 2. The largest absolute Gasteiger partial charge is 0.359 e. The summed E-state index contributed by atoms with van der Waals surface area (Å²) in [5, 5.41) is 3.36. The van der Waals surface area contributed by atoms with E-state index in [1.54, 1.807) is 17.2 Å². The number of aromatic amines is 1. The number of urea groups is 1. The Morgan fingerprint density at radius 3 is 2.52 bits per heavy atom. The Morgan fingerprint density at radius 1 is 1.04 bits per heavy atom. The molecule has 2 amide bonds. The Kier molecular flexibility index (Phi) is 4.92. The molecule has 1 aliphatic rings. The number of pyridine rings is 1. The molecule has 0 bridgehead atoms. The lowest BCUT2D eigenvalue weighted by molar-refractivity contribution is 0.182. The molecule has 0 radical (unpaired) electrons. The number of rotatable bonds is 3. The van der Waals surface area contributed by atoms with E-state index in [1.807, 2.05) is 24.3 Å². The summed E-state index contributed by atoms with van der Waals surface area (Å²) in [6.07, 6.45) is 4.60. The fourth-order valence-corrected chi connectivity index (χ4v) is 3.74. The van der Waals surface area contributed by atoms with E-state index < -0.39 is 0 Å². The van der Waals surface area contributed by atoms with Gasteiger partial charge in [-0.05, 0) is 42.9 Å². The average Bonchev–Trinajstić information content (AvgIpc) is 2.71. The van der Waals surface area contributed by atoms with Crippen LogP contribution in [0.4, 0.5) is 10.5 Å². The van der Waals surface area contributed by atoms with E-state index in [-0.39, 0.29) is 11.5 Å². The second-order valence-corrected chi connectivity index (χ2v) is 7.13. The van der Waals surface area contributed by atoms with Crippen LogP contribution in [-0.4, -0.2) is 29.0 Å². The van der Waals surface area contributed by atoms with Gasteiger partial charge in [-0.2, -0.15) is 0 Å². The van der Waals surface area contributed by atoms with Crippen LogP contribution in [0.1, 0.15) is 18.4 Å².